The van der Waals surface area contributed by atoms with Gasteiger partial charge in [0.05, 0.1) is 7.11 Å². The van der Waals surface area contributed by atoms with E-state index in [2.05, 4.69) is 5.32 Å². The molecular weight excluding hydrogens is 280 g/mol. The molecule has 0 aromatic heterocycles. The average Bonchev–Trinajstić information content (AvgIpc) is 2.54. The van der Waals surface area contributed by atoms with Gasteiger partial charge in [-0.05, 0) is 48.4 Å². The fourth-order valence-electron chi connectivity index (χ4n) is 1.99. The number of ether oxygens (including phenoxy) is 1. The molecule has 2 aromatic carbocycles. The van der Waals surface area contributed by atoms with Crippen molar-refractivity contribution in [2.75, 3.05) is 12.4 Å². The molecule has 0 saturated carbocycles. The highest BCUT2D eigenvalue weighted by molar-refractivity contribution is 5.94. The number of carbonyl (C=O) groups excluding carboxylic acids is 2. The van der Waals surface area contributed by atoms with Gasteiger partial charge in [0.25, 0.3) is 0 Å². The molecular formula is C17H18N2O3. The van der Waals surface area contributed by atoms with E-state index in [9.17, 15) is 9.59 Å². The van der Waals surface area contributed by atoms with Crippen molar-refractivity contribution in [3.05, 3.63) is 59.7 Å². The van der Waals surface area contributed by atoms with E-state index < -0.39 is 5.91 Å². The van der Waals surface area contributed by atoms with Crippen LogP contribution in [0.2, 0.25) is 0 Å². The van der Waals surface area contributed by atoms with Gasteiger partial charge < -0.3 is 15.8 Å². The Labute approximate surface area is 129 Å². The Kier molecular flexibility index (Phi) is 5.14. The van der Waals surface area contributed by atoms with Gasteiger partial charge in [-0.2, -0.15) is 0 Å². The van der Waals surface area contributed by atoms with E-state index in [1.54, 1.807) is 31.4 Å². The van der Waals surface area contributed by atoms with Crippen molar-refractivity contribution >= 4 is 17.5 Å². The summed E-state index contributed by atoms with van der Waals surface area (Å²) in [7, 11) is 1.62. The minimum absolute atomic E-state index is 0.0809. The van der Waals surface area contributed by atoms with Crippen LogP contribution in [0.4, 0.5) is 5.69 Å². The summed E-state index contributed by atoms with van der Waals surface area (Å²) in [5.41, 5.74) is 7.29. The van der Waals surface area contributed by atoms with Gasteiger partial charge in [-0.15, -0.1) is 0 Å². The van der Waals surface area contributed by atoms with Crippen LogP contribution < -0.4 is 15.8 Å². The van der Waals surface area contributed by atoms with E-state index >= 15 is 0 Å². The van der Waals surface area contributed by atoms with Gasteiger partial charge in [0.15, 0.2) is 0 Å². The highest BCUT2D eigenvalue weighted by Crippen LogP contribution is 2.14. The number of aryl methyl sites for hydroxylation is 1. The lowest BCUT2D eigenvalue weighted by Gasteiger charge is -2.06. The van der Waals surface area contributed by atoms with Crippen LogP contribution in [0.3, 0.4) is 0 Å². The van der Waals surface area contributed by atoms with E-state index in [0.29, 0.717) is 24.1 Å². The molecule has 0 atom stereocenters. The molecule has 0 unspecified atom stereocenters. The Morgan fingerprint density at radius 1 is 1.05 bits per heavy atom. The summed E-state index contributed by atoms with van der Waals surface area (Å²) in [6.07, 6.45) is 1.03. The molecule has 0 saturated heterocycles. The first-order chi connectivity index (χ1) is 10.6. The largest absolute Gasteiger partial charge is 0.497 e. The Morgan fingerprint density at radius 3 is 2.23 bits per heavy atom. The summed E-state index contributed by atoms with van der Waals surface area (Å²) >= 11 is 0. The Balaban J connectivity index is 1.85. The van der Waals surface area contributed by atoms with Crippen molar-refractivity contribution in [3.8, 4) is 5.75 Å². The fraction of sp³-hybridized carbons (Fsp3) is 0.176. The highest BCUT2D eigenvalue weighted by atomic mass is 16.5. The Morgan fingerprint density at radius 2 is 1.68 bits per heavy atom. The molecule has 5 heteroatoms. The Bertz CT molecular complexity index is 649. The topological polar surface area (TPSA) is 81.4 Å². The van der Waals surface area contributed by atoms with E-state index in [1.807, 2.05) is 24.3 Å². The molecule has 2 amide bonds. The fourth-order valence-corrected chi connectivity index (χ4v) is 1.99. The van der Waals surface area contributed by atoms with Gasteiger partial charge in [0.2, 0.25) is 11.8 Å². The summed E-state index contributed by atoms with van der Waals surface area (Å²) < 4.78 is 5.09. The average molecular weight is 298 g/mol. The zero-order valence-electron chi connectivity index (χ0n) is 12.3. The molecule has 3 N–H and O–H groups in total. The summed E-state index contributed by atoms with van der Waals surface area (Å²) in [4.78, 5) is 22.9. The number of carbonyl (C=O) groups is 2. The van der Waals surface area contributed by atoms with Crippen molar-refractivity contribution in [1.82, 2.24) is 0 Å². The molecule has 22 heavy (non-hydrogen) atoms. The van der Waals surface area contributed by atoms with Crippen LogP contribution in [0.25, 0.3) is 0 Å². The molecule has 0 fully saturated rings. The van der Waals surface area contributed by atoms with E-state index in [4.69, 9.17) is 10.5 Å². The maximum Gasteiger partial charge on any atom is 0.248 e. The molecule has 0 spiro atoms. The number of nitrogens with two attached hydrogens (primary N) is 1. The van der Waals surface area contributed by atoms with Crippen molar-refractivity contribution in [1.29, 1.82) is 0 Å². The maximum absolute atomic E-state index is 11.9. The number of methoxy groups -OCH3 is 1. The van der Waals surface area contributed by atoms with E-state index in [-0.39, 0.29) is 5.91 Å². The number of hydrogen-bond acceptors (Lipinski definition) is 3. The first-order valence-electron chi connectivity index (χ1n) is 6.91. The van der Waals surface area contributed by atoms with Crippen LogP contribution in [0.15, 0.2) is 48.5 Å². The monoisotopic (exact) mass is 298 g/mol. The van der Waals surface area contributed by atoms with Crippen LogP contribution in [0.5, 0.6) is 5.75 Å². The minimum atomic E-state index is -0.489. The number of anilines is 1. The van der Waals surface area contributed by atoms with Gasteiger partial charge in [-0.25, -0.2) is 0 Å². The van der Waals surface area contributed by atoms with Gasteiger partial charge in [-0.1, -0.05) is 12.1 Å². The van der Waals surface area contributed by atoms with E-state index in [0.717, 1.165) is 11.3 Å². The highest BCUT2D eigenvalue weighted by Gasteiger charge is 2.05. The van der Waals surface area contributed by atoms with Crippen molar-refractivity contribution in [2.45, 2.75) is 12.8 Å². The second kappa shape index (κ2) is 7.26. The number of nitrogens with one attached hydrogen (secondary N) is 1. The lowest BCUT2D eigenvalue weighted by atomic mass is 10.1. The SMILES string of the molecule is COc1ccc(CCC(=O)Nc2ccc(C(N)=O)cc2)cc1. The number of amides is 2. The van der Waals surface area contributed by atoms with Crippen molar-refractivity contribution in [2.24, 2.45) is 5.73 Å². The maximum atomic E-state index is 11.9. The molecule has 114 valence electrons. The Hall–Kier alpha value is -2.82. The lowest BCUT2D eigenvalue weighted by Crippen LogP contribution is -2.13. The zero-order chi connectivity index (χ0) is 15.9. The predicted octanol–water partition coefficient (Wildman–Crippen LogP) is 2.37. The van der Waals surface area contributed by atoms with Gasteiger partial charge in [0, 0.05) is 17.7 Å². The first-order valence-corrected chi connectivity index (χ1v) is 6.91. The molecule has 0 radical (unpaired) electrons. The summed E-state index contributed by atoms with van der Waals surface area (Å²) in [5.74, 6) is 0.225. The molecule has 2 rings (SSSR count). The summed E-state index contributed by atoms with van der Waals surface area (Å²) in [6, 6.07) is 14.1. The first kappa shape index (κ1) is 15.6. The quantitative estimate of drug-likeness (QED) is 0.859. The van der Waals surface area contributed by atoms with Crippen LogP contribution >= 0.6 is 0 Å². The smallest absolute Gasteiger partial charge is 0.248 e. The third-order valence-corrected chi connectivity index (χ3v) is 3.25. The standard InChI is InChI=1S/C17H18N2O3/c1-22-15-9-2-12(3-10-15)4-11-16(20)19-14-7-5-13(6-8-14)17(18)21/h2-3,5-10H,4,11H2,1H3,(H2,18,21)(H,19,20). The predicted molar refractivity (Wildman–Crippen MR) is 84.9 cm³/mol. The van der Waals surface area contributed by atoms with Gasteiger partial charge >= 0.3 is 0 Å². The number of rotatable bonds is 6. The molecule has 0 bridgehead atoms. The normalized spacial score (nSPS) is 10.0. The van der Waals surface area contributed by atoms with Gasteiger partial charge in [0.1, 0.15) is 5.75 Å². The molecule has 5 nitrogen and oxygen atoms in total. The number of primary amides is 1. The van der Waals surface area contributed by atoms with Crippen molar-refractivity contribution < 1.29 is 14.3 Å². The second-order valence-electron chi connectivity index (χ2n) is 4.84. The van der Waals surface area contributed by atoms with Crippen LogP contribution in [0, 0.1) is 0 Å². The second-order valence-corrected chi connectivity index (χ2v) is 4.84. The minimum Gasteiger partial charge on any atom is -0.497 e. The molecule has 2 aromatic rings. The number of hydrogen-bond donors (Lipinski definition) is 2. The van der Waals surface area contributed by atoms with Gasteiger partial charge in [-0.3, -0.25) is 9.59 Å². The van der Waals surface area contributed by atoms with Crippen LogP contribution in [-0.2, 0) is 11.2 Å². The van der Waals surface area contributed by atoms with Crippen LogP contribution in [0.1, 0.15) is 22.3 Å². The summed E-state index contributed by atoms with van der Waals surface area (Å²) in [6.45, 7) is 0. The number of benzene rings is 2. The molecule has 0 aliphatic heterocycles. The summed E-state index contributed by atoms with van der Waals surface area (Å²) in [5, 5.41) is 2.79. The molecule has 0 heterocycles. The zero-order valence-corrected chi connectivity index (χ0v) is 12.3. The third-order valence-electron chi connectivity index (χ3n) is 3.25. The van der Waals surface area contributed by atoms with Crippen molar-refractivity contribution in [3.63, 3.8) is 0 Å². The van der Waals surface area contributed by atoms with Crippen LogP contribution in [-0.4, -0.2) is 18.9 Å². The third kappa shape index (κ3) is 4.34. The molecule has 0 aliphatic rings. The van der Waals surface area contributed by atoms with E-state index in [1.165, 1.54) is 0 Å². The lowest BCUT2D eigenvalue weighted by molar-refractivity contribution is -0.116. The molecule has 0 aliphatic carbocycles.